The molecule has 32 heavy (non-hydrogen) atoms. The minimum Gasteiger partial charge on any atom is -0.490 e. The van der Waals surface area contributed by atoms with Crippen LogP contribution in [0.25, 0.3) is 27.8 Å². The maximum atomic E-state index is 12.1. The van der Waals surface area contributed by atoms with E-state index < -0.39 is 5.97 Å². The third kappa shape index (κ3) is 3.83. The summed E-state index contributed by atoms with van der Waals surface area (Å²) in [6.07, 6.45) is 6.39. The average Bonchev–Trinajstić information content (AvgIpc) is 3.41. The normalized spacial score (nSPS) is 14.2. The number of carbonyl (C=O) groups is 1. The first-order valence-corrected chi connectivity index (χ1v) is 11.2. The third-order valence-electron chi connectivity index (χ3n) is 5.83. The van der Waals surface area contributed by atoms with Gasteiger partial charge in [0.15, 0.2) is 5.69 Å². The molecule has 5 rings (SSSR count). The number of halogens is 2. The second-order valence-electron chi connectivity index (χ2n) is 7.91. The van der Waals surface area contributed by atoms with Crippen LogP contribution in [0.1, 0.15) is 36.2 Å². The molecule has 1 N–H and O–H groups in total. The van der Waals surface area contributed by atoms with E-state index in [4.69, 9.17) is 27.9 Å². The number of carboxylic acids is 1. The predicted octanol–water partition coefficient (Wildman–Crippen LogP) is 7.02. The quantitative estimate of drug-likeness (QED) is 0.343. The smallest absolute Gasteiger partial charge is 0.354 e. The average molecular weight is 467 g/mol. The molecule has 1 fully saturated rings. The van der Waals surface area contributed by atoms with Gasteiger partial charge in [0, 0.05) is 22.8 Å². The minimum absolute atomic E-state index is 0.0207. The van der Waals surface area contributed by atoms with E-state index in [-0.39, 0.29) is 16.8 Å². The Morgan fingerprint density at radius 2 is 1.78 bits per heavy atom. The van der Waals surface area contributed by atoms with Crippen molar-refractivity contribution < 1.29 is 14.6 Å². The summed E-state index contributed by atoms with van der Waals surface area (Å²) in [5, 5.41) is 11.3. The molecule has 0 saturated heterocycles. The van der Waals surface area contributed by atoms with E-state index in [2.05, 4.69) is 4.98 Å². The summed E-state index contributed by atoms with van der Waals surface area (Å²) >= 11 is 12.5. The van der Waals surface area contributed by atoms with Gasteiger partial charge in [-0.15, -0.1) is 0 Å². The van der Waals surface area contributed by atoms with Gasteiger partial charge in [-0.1, -0.05) is 29.3 Å². The number of pyridine rings is 1. The van der Waals surface area contributed by atoms with Gasteiger partial charge >= 0.3 is 5.97 Å². The number of rotatable bonds is 5. The number of aromatic nitrogens is 2. The highest BCUT2D eigenvalue weighted by molar-refractivity contribution is 6.38. The SMILES string of the molecule is O=C(O)c1c(Cl)c2cc(-c3ccc(Cl)cn3)ccc2n1-c1ccc(OC2CCCC2)cc1. The van der Waals surface area contributed by atoms with Crippen LogP contribution < -0.4 is 4.74 Å². The van der Waals surface area contributed by atoms with Crippen molar-refractivity contribution in [3.8, 4) is 22.7 Å². The predicted molar refractivity (Wildman–Crippen MR) is 126 cm³/mol. The van der Waals surface area contributed by atoms with Crippen LogP contribution in [0.2, 0.25) is 10.0 Å². The van der Waals surface area contributed by atoms with Crippen LogP contribution in [0.5, 0.6) is 5.75 Å². The zero-order valence-corrected chi connectivity index (χ0v) is 18.6. The number of nitrogens with zero attached hydrogens (tertiary/aromatic N) is 2. The number of aromatic carboxylic acids is 1. The van der Waals surface area contributed by atoms with E-state index in [1.165, 1.54) is 12.8 Å². The lowest BCUT2D eigenvalue weighted by Crippen LogP contribution is -2.11. The van der Waals surface area contributed by atoms with Gasteiger partial charge in [-0.2, -0.15) is 0 Å². The number of ether oxygens (including phenoxy) is 1. The van der Waals surface area contributed by atoms with Crippen LogP contribution in [0.15, 0.2) is 60.8 Å². The molecule has 0 bridgehead atoms. The fourth-order valence-electron chi connectivity index (χ4n) is 4.29. The van der Waals surface area contributed by atoms with Crippen molar-refractivity contribution in [1.29, 1.82) is 0 Å². The molecule has 2 heterocycles. The van der Waals surface area contributed by atoms with Crippen molar-refractivity contribution in [1.82, 2.24) is 9.55 Å². The molecular weight excluding hydrogens is 447 g/mol. The summed E-state index contributed by atoms with van der Waals surface area (Å²) in [5.41, 5.74) is 2.98. The molecule has 4 aromatic rings. The maximum absolute atomic E-state index is 12.1. The highest BCUT2D eigenvalue weighted by Crippen LogP contribution is 2.36. The Morgan fingerprint density at radius 3 is 2.44 bits per heavy atom. The van der Waals surface area contributed by atoms with Gasteiger partial charge in [0.25, 0.3) is 0 Å². The minimum atomic E-state index is -1.09. The number of carboxylic acid groups (broad SMARTS) is 1. The molecule has 0 amide bonds. The van der Waals surface area contributed by atoms with Gasteiger partial charge in [-0.25, -0.2) is 4.79 Å². The van der Waals surface area contributed by atoms with Gasteiger partial charge in [-0.05, 0) is 74.2 Å². The van der Waals surface area contributed by atoms with Gasteiger partial charge in [-0.3, -0.25) is 4.98 Å². The van der Waals surface area contributed by atoms with E-state index >= 15 is 0 Å². The van der Waals surface area contributed by atoms with Crippen LogP contribution in [0.3, 0.4) is 0 Å². The highest BCUT2D eigenvalue weighted by atomic mass is 35.5. The lowest BCUT2D eigenvalue weighted by Gasteiger charge is -2.14. The summed E-state index contributed by atoms with van der Waals surface area (Å²) in [7, 11) is 0. The maximum Gasteiger partial charge on any atom is 0.354 e. The Balaban J connectivity index is 1.58. The zero-order chi connectivity index (χ0) is 22.2. The molecular formula is C25H20Cl2N2O3. The van der Waals surface area contributed by atoms with Crippen molar-refractivity contribution in [2.45, 2.75) is 31.8 Å². The summed E-state index contributed by atoms with van der Waals surface area (Å²) in [4.78, 5) is 16.5. The lowest BCUT2D eigenvalue weighted by atomic mass is 10.1. The van der Waals surface area contributed by atoms with E-state index in [0.29, 0.717) is 21.6 Å². The first-order valence-electron chi connectivity index (χ1n) is 10.5. The first kappa shape index (κ1) is 20.9. The molecule has 1 aliphatic carbocycles. The Bertz CT molecular complexity index is 1290. The van der Waals surface area contributed by atoms with E-state index in [1.807, 2.05) is 48.5 Å². The molecule has 162 valence electrons. The Kier molecular flexibility index (Phi) is 5.53. The van der Waals surface area contributed by atoms with Crippen LogP contribution in [-0.2, 0) is 0 Å². The van der Waals surface area contributed by atoms with E-state index in [1.54, 1.807) is 16.8 Å². The molecule has 2 aromatic carbocycles. The largest absolute Gasteiger partial charge is 0.490 e. The molecule has 1 saturated carbocycles. The number of fused-ring (bicyclic) bond motifs is 1. The standard InChI is InChI=1S/C25H20Cl2N2O3/c26-16-6-11-21(28-14-16)15-5-12-22-20(13-15)23(27)24(25(30)31)29(22)17-7-9-19(10-8-17)32-18-3-1-2-4-18/h5-14,18H,1-4H2,(H,30,31). The Hall–Kier alpha value is -3.02. The van der Waals surface area contributed by atoms with Crippen molar-refractivity contribution in [2.75, 3.05) is 0 Å². The van der Waals surface area contributed by atoms with Crippen molar-refractivity contribution in [2.24, 2.45) is 0 Å². The van der Waals surface area contributed by atoms with Crippen molar-refractivity contribution in [3.63, 3.8) is 0 Å². The van der Waals surface area contributed by atoms with Crippen molar-refractivity contribution in [3.05, 3.63) is 76.5 Å². The van der Waals surface area contributed by atoms with Gasteiger partial charge in [0.1, 0.15) is 5.75 Å². The molecule has 5 nitrogen and oxygen atoms in total. The Morgan fingerprint density at radius 1 is 1.03 bits per heavy atom. The number of hydrogen-bond donors (Lipinski definition) is 1. The molecule has 0 radical (unpaired) electrons. The fraction of sp³-hybridized carbons (Fsp3) is 0.200. The summed E-state index contributed by atoms with van der Waals surface area (Å²) in [6, 6.07) is 16.7. The van der Waals surface area contributed by atoms with Gasteiger partial charge in [0.05, 0.1) is 27.4 Å². The number of benzene rings is 2. The second-order valence-corrected chi connectivity index (χ2v) is 8.73. The molecule has 2 aromatic heterocycles. The summed E-state index contributed by atoms with van der Waals surface area (Å²) in [5.74, 6) is -0.306. The van der Waals surface area contributed by atoms with Gasteiger partial charge < -0.3 is 14.4 Å². The van der Waals surface area contributed by atoms with Crippen LogP contribution in [0.4, 0.5) is 0 Å². The van der Waals surface area contributed by atoms with E-state index in [0.717, 1.165) is 29.8 Å². The lowest BCUT2D eigenvalue weighted by molar-refractivity contribution is 0.0689. The first-order chi connectivity index (χ1) is 15.5. The molecule has 0 atom stereocenters. The van der Waals surface area contributed by atoms with Crippen LogP contribution >= 0.6 is 23.2 Å². The Labute approximate surface area is 195 Å². The summed E-state index contributed by atoms with van der Waals surface area (Å²) < 4.78 is 7.71. The monoisotopic (exact) mass is 466 g/mol. The van der Waals surface area contributed by atoms with Crippen molar-refractivity contribution >= 4 is 40.1 Å². The molecule has 0 unspecified atom stereocenters. The van der Waals surface area contributed by atoms with Gasteiger partial charge in [0.2, 0.25) is 0 Å². The molecule has 0 spiro atoms. The number of hydrogen-bond acceptors (Lipinski definition) is 3. The zero-order valence-electron chi connectivity index (χ0n) is 17.1. The third-order valence-corrected chi connectivity index (χ3v) is 6.44. The van der Waals surface area contributed by atoms with Crippen LogP contribution in [-0.4, -0.2) is 26.7 Å². The second kappa shape index (κ2) is 8.49. The fourth-order valence-corrected chi connectivity index (χ4v) is 4.72. The molecule has 7 heteroatoms. The highest BCUT2D eigenvalue weighted by Gasteiger charge is 2.23. The molecule has 0 aliphatic heterocycles. The van der Waals surface area contributed by atoms with E-state index in [9.17, 15) is 9.90 Å². The molecule has 1 aliphatic rings. The van der Waals surface area contributed by atoms with Crippen LogP contribution in [0, 0.1) is 0 Å². The topological polar surface area (TPSA) is 64.3 Å². The summed E-state index contributed by atoms with van der Waals surface area (Å²) in [6.45, 7) is 0.